The van der Waals surface area contributed by atoms with Crippen LogP contribution < -0.4 is 11.1 Å². The van der Waals surface area contributed by atoms with Crippen LogP contribution in [0.25, 0.3) is 0 Å². The Kier molecular flexibility index (Phi) is 6.39. The van der Waals surface area contributed by atoms with Gasteiger partial charge < -0.3 is 25.7 Å². The van der Waals surface area contributed by atoms with Gasteiger partial charge in [0.25, 0.3) is 11.8 Å². The molecule has 156 valence electrons. The number of ether oxygens (including phenoxy) is 1. The SMILES string of the molecule is CCO/N=C(/C(=O)NC1C(=O)N2C(C(=O)O)=C(COC)CS[C@H]12)c1csc(N)n1. The third-order valence-corrected chi connectivity index (χ3v) is 6.13. The monoisotopic (exact) mass is 441 g/mol. The molecule has 1 saturated heterocycles. The molecule has 1 fully saturated rings. The van der Waals surface area contributed by atoms with Gasteiger partial charge in [0, 0.05) is 18.2 Å². The number of nitrogens with two attached hydrogens (primary N) is 1. The normalized spacial score (nSPS) is 21.5. The number of oxime groups is 1. The second-order valence-corrected chi connectivity index (χ2v) is 7.97. The number of thiazole rings is 1. The summed E-state index contributed by atoms with van der Waals surface area (Å²) in [5.74, 6) is -2.02. The number of hydrogen-bond donors (Lipinski definition) is 3. The lowest BCUT2D eigenvalue weighted by Gasteiger charge is -2.49. The van der Waals surface area contributed by atoms with Crippen molar-refractivity contribution in [1.29, 1.82) is 0 Å². The van der Waals surface area contributed by atoms with E-state index >= 15 is 0 Å². The van der Waals surface area contributed by atoms with Gasteiger partial charge in [0.1, 0.15) is 29.4 Å². The Morgan fingerprint density at radius 2 is 2.28 bits per heavy atom. The summed E-state index contributed by atoms with van der Waals surface area (Å²) in [6, 6.07) is -0.895. The number of thioether (sulfide) groups is 1. The number of carbonyl (C=O) groups is 3. The topological polar surface area (TPSA) is 156 Å². The zero-order valence-electron chi connectivity index (χ0n) is 15.6. The van der Waals surface area contributed by atoms with Crippen molar-refractivity contribution in [3.63, 3.8) is 0 Å². The van der Waals surface area contributed by atoms with Crippen LogP contribution in [-0.2, 0) is 24.0 Å². The van der Waals surface area contributed by atoms with Crippen molar-refractivity contribution in [1.82, 2.24) is 15.2 Å². The van der Waals surface area contributed by atoms with Crippen molar-refractivity contribution in [2.24, 2.45) is 5.16 Å². The molecule has 0 aliphatic carbocycles. The predicted octanol–water partition coefficient (Wildman–Crippen LogP) is -0.149. The second kappa shape index (κ2) is 8.80. The highest BCUT2D eigenvalue weighted by Gasteiger charge is 2.54. The zero-order valence-corrected chi connectivity index (χ0v) is 17.2. The number of amides is 2. The van der Waals surface area contributed by atoms with E-state index in [4.69, 9.17) is 15.3 Å². The highest BCUT2D eigenvalue weighted by Crippen LogP contribution is 2.40. The number of anilines is 1. The maximum Gasteiger partial charge on any atom is 0.352 e. The van der Waals surface area contributed by atoms with Crippen LogP contribution in [0.5, 0.6) is 0 Å². The van der Waals surface area contributed by atoms with Gasteiger partial charge in [-0.15, -0.1) is 23.1 Å². The number of fused-ring (bicyclic) bond motifs is 1. The number of nitrogens with one attached hydrogen (secondary N) is 1. The molecule has 0 saturated carbocycles. The molecule has 1 unspecified atom stereocenters. The fourth-order valence-electron chi connectivity index (χ4n) is 2.91. The van der Waals surface area contributed by atoms with E-state index in [0.717, 1.165) is 11.3 Å². The lowest BCUT2D eigenvalue weighted by atomic mass is 10.0. The molecule has 0 bridgehead atoms. The maximum absolute atomic E-state index is 12.7. The molecule has 1 aromatic rings. The molecular weight excluding hydrogens is 422 g/mol. The summed E-state index contributed by atoms with van der Waals surface area (Å²) in [5.41, 5.74) is 6.15. The number of β-lactam (4-membered cyclic amide) rings is 1. The summed E-state index contributed by atoms with van der Waals surface area (Å²) in [4.78, 5) is 47.2. The summed E-state index contributed by atoms with van der Waals surface area (Å²) in [6.45, 7) is 2.05. The minimum Gasteiger partial charge on any atom is -0.477 e. The van der Waals surface area contributed by atoms with E-state index < -0.39 is 29.2 Å². The highest BCUT2D eigenvalue weighted by atomic mass is 32.2. The van der Waals surface area contributed by atoms with Gasteiger partial charge in [-0.1, -0.05) is 5.16 Å². The lowest BCUT2D eigenvalue weighted by Crippen LogP contribution is -2.71. The molecule has 2 amide bonds. The fourth-order valence-corrected chi connectivity index (χ4v) is 4.78. The molecule has 1 aromatic heterocycles. The third-order valence-electron chi connectivity index (χ3n) is 4.12. The van der Waals surface area contributed by atoms with Gasteiger partial charge in [0.15, 0.2) is 10.8 Å². The predicted molar refractivity (Wildman–Crippen MR) is 106 cm³/mol. The van der Waals surface area contributed by atoms with Crippen LogP contribution in [0, 0.1) is 0 Å². The molecule has 2 aliphatic rings. The van der Waals surface area contributed by atoms with E-state index in [2.05, 4.69) is 15.5 Å². The van der Waals surface area contributed by atoms with Gasteiger partial charge in [-0.25, -0.2) is 9.78 Å². The summed E-state index contributed by atoms with van der Waals surface area (Å²) < 4.78 is 5.03. The summed E-state index contributed by atoms with van der Waals surface area (Å²) in [5, 5.41) is 17.2. The van der Waals surface area contributed by atoms with E-state index in [1.807, 2.05) is 0 Å². The molecule has 3 rings (SSSR count). The Labute approximate surface area is 173 Å². The van der Waals surface area contributed by atoms with Crippen molar-refractivity contribution in [3.8, 4) is 0 Å². The van der Waals surface area contributed by atoms with Gasteiger partial charge >= 0.3 is 5.97 Å². The summed E-state index contributed by atoms with van der Waals surface area (Å²) in [7, 11) is 1.45. The van der Waals surface area contributed by atoms with Gasteiger partial charge in [0.2, 0.25) is 0 Å². The van der Waals surface area contributed by atoms with Crippen LogP contribution in [0.4, 0.5) is 5.13 Å². The Hall–Kier alpha value is -2.64. The lowest BCUT2D eigenvalue weighted by molar-refractivity contribution is -0.150. The maximum atomic E-state index is 12.7. The largest absolute Gasteiger partial charge is 0.477 e. The first kappa shape index (κ1) is 21.1. The van der Waals surface area contributed by atoms with Crippen LogP contribution in [-0.4, -0.2) is 76.0 Å². The Morgan fingerprint density at radius 3 is 2.86 bits per heavy atom. The van der Waals surface area contributed by atoms with Gasteiger partial charge in [-0.3, -0.25) is 14.5 Å². The molecule has 0 spiro atoms. The quantitative estimate of drug-likeness (QED) is 0.283. The minimum atomic E-state index is -1.21. The van der Waals surface area contributed by atoms with E-state index in [9.17, 15) is 19.5 Å². The summed E-state index contributed by atoms with van der Waals surface area (Å²) in [6.07, 6.45) is 0. The van der Waals surface area contributed by atoms with Gasteiger partial charge in [-0.2, -0.15) is 0 Å². The Morgan fingerprint density at radius 1 is 1.52 bits per heavy atom. The van der Waals surface area contributed by atoms with Crippen LogP contribution in [0.15, 0.2) is 21.8 Å². The van der Waals surface area contributed by atoms with Crippen LogP contribution in [0.1, 0.15) is 12.6 Å². The average Bonchev–Trinajstić information content (AvgIpc) is 3.12. The van der Waals surface area contributed by atoms with Crippen molar-refractivity contribution >= 4 is 51.7 Å². The third kappa shape index (κ3) is 4.06. The van der Waals surface area contributed by atoms with E-state index in [-0.39, 0.29) is 35.4 Å². The van der Waals surface area contributed by atoms with Crippen LogP contribution in [0.2, 0.25) is 0 Å². The molecule has 0 radical (unpaired) electrons. The molecule has 11 nitrogen and oxygen atoms in total. The molecule has 0 aromatic carbocycles. The number of nitrogen functional groups attached to an aromatic ring is 1. The van der Waals surface area contributed by atoms with Crippen molar-refractivity contribution in [2.45, 2.75) is 18.3 Å². The first-order valence-electron chi connectivity index (χ1n) is 8.50. The molecule has 29 heavy (non-hydrogen) atoms. The number of aliphatic carboxylic acids is 1. The highest BCUT2D eigenvalue weighted by molar-refractivity contribution is 8.00. The van der Waals surface area contributed by atoms with Crippen LogP contribution >= 0.6 is 23.1 Å². The van der Waals surface area contributed by atoms with Crippen LogP contribution in [0.3, 0.4) is 0 Å². The molecule has 2 aliphatic heterocycles. The van der Waals surface area contributed by atoms with Crippen molar-refractivity contribution in [2.75, 3.05) is 31.8 Å². The second-order valence-electron chi connectivity index (χ2n) is 5.98. The zero-order chi connectivity index (χ0) is 21.1. The molecule has 3 heterocycles. The van der Waals surface area contributed by atoms with E-state index in [1.165, 1.54) is 23.8 Å². The number of rotatable bonds is 8. The van der Waals surface area contributed by atoms with E-state index in [1.54, 1.807) is 12.3 Å². The number of methoxy groups -OCH3 is 1. The number of carboxylic acid groups (broad SMARTS) is 1. The van der Waals surface area contributed by atoms with Gasteiger partial charge in [0.05, 0.1) is 6.61 Å². The Bertz CT molecular complexity index is 898. The number of hydrogen-bond acceptors (Lipinski definition) is 10. The fraction of sp³-hybridized carbons (Fsp3) is 0.438. The first-order chi connectivity index (χ1) is 13.9. The average molecular weight is 441 g/mol. The Balaban J connectivity index is 1.79. The number of nitrogens with zero attached hydrogens (tertiary/aromatic N) is 3. The van der Waals surface area contributed by atoms with Crippen molar-refractivity contribution < 1.29 is 29.1 Å². The minimum absolute atomic E-state index is 0.0958. The van der Waals surface area contributed by atoms with Crippen molar-refractivity contribution in [3.05, 3.63) is 22.3 Å². The van der Waals surface area contributed by atoms with Gasteiger partial charge in [-0.05, 0) is 12.5 Å². The van der Waals surface area contributed by atoms with E-state index in [0.29, 0.717) is 11.3 Å². The smallest absolute Gasteiger partial charge is 0.352 e. The first-order valence-corrected chi connectivity index (χ1v) is 10.4. The number of carbonyl (C=O) groups excluding carboxylic acids is 2. The molecule has 13 heteroatoms. The molecule has 4 N–H and O–H groups in total. The number of carboxylic acids is 1. The standard InChI is InChI=1S/C16H19N5O6S2/c1-3-27-20-9(8-6-29-16(17)18-8)12(22)19-10-13(23)21-11(15(24)25)7(4-26-2)5-28-14(10)21/h6,10,14H,3-5H2,1-2H3,(H2,17,18)(H,19,22)(H,24,25)/b20-9+/t10?,14-/m1/s1. The molecular formula is C16H19N5O6S2. The molecule has 2 atom stereocenters. The summed E-state index contributed by atoms with van der Waals surface area (Å²) >= 11 is 2.49. The number of aromatic nitrogens is 1.